The van der Waals surface area contributed by atoms with Crippen LogP contribution in [0.15, 0.2) is 12.1 Å². The second-order valence-corrected chi connectivity index (χ2v) is 8.67. The molecule has 6 rings (SSSR count). The molecule has 1 saturated carbocycles. The lowest BCUT2D eigenvalue weighted by Gasteiger charge is -2.35. The van der Waals surface area contributed by atoms with Gasteiger partial charge in [-0.2, -0.15) is 0 Å². The number of nitrogens with one attached hydrogen (secondary N) is 1. The van der Waals surface area contributed by atoms with Crippen LogP contribution in [0.3, 0.4) is 0 Å². The number of hydrogen-bond acceptors (Lipinski definition) is 6. The van der Waals surface area contributed by atoms with Crippen molar-refractivity contribution in [1.29, 1.82) is 0 Å². The van der Waals surface area contributed by atoms with Gasteiger partial charge in [0.1, 0.15) is 11.4 Å². The number of fused-ring (bicyclic) bond motifs is 5. The van der Waals surface area contributed by atoms with E-state index in [4.69, 9.17) is 4.74 Å². The van der Waals surface area contributed by atoms with E-state index in [1.54, 1.807) is 0 Å². The van der Waals surface area contributed by atoms with Crippen molar-refractivity contribution in [2.24, 2.45) is 0 Å². The van der Waals surface area contributed by atoms with Crippen LogP contribution in [-0.2, 0) is 24.0 Å². The number of anilines is 1. The molecular formula is C22H25N3O3. The Morgan fingerprint density at radius 3 is 2.79 bits per heavy atom. The van der Waals surface area contributed by atoms with Crippen molar-refractivity contribution in [2.75, 3.05) is 5.32 Å². The molecule has 4 aliphatic rings. The third-order valence-electron chi connectivity index (χ3n) is 7.05. The standard InChI is InChI=1S/C22H25N3O3/c26-17-8-7-16(17)23-22-19-15(10-12-5-9-18(19)28-12)20(24-25-22)14-6-4-11-2-1-3-13(11)21(14)27/h4,6,12,16-18,26-27H,1-3,5,7-10H2,(H,23,25)/t12?,16-,17-,18?/m1/s1. The first kappa shape index (κ1) is 16.7. The Balaban J connectivity index is 1.48. The summed E-state index contributed by atoms with van der Waals surface area (Å²) < 4.78 is 6.19. The van der Waals surface area contributed by atoms with E-state index in [0.717, 1.165) is 85.1 Å². The summed E-state index contributed by atoms with van der Waals surface area (Å²) in [5, 5.41) is 33.4. The molecule has 1 aromatic heterocycles. The number of aliphatic hydroxyl groups is 1. The maximum atomic E-state index is 11.0. The molecule has 2 aromatic rings. The summed E-state index contributed by atoms with van der Waals surface area (Å²) in [6.07, 6.45) is 7.60. The Labute approximate surface area is 164 Å². The van der Waals surface area contributed by atoms with Crippen LogP contribution in [0.2, 0.25) is 0 Å². The molecule has 6 nitrogen and oxygen atoms in total. The minimum absolute atomic E-state index is 0.0271. The Bertz CT molecular complexity index is 961. The van der Waals surface area contributed by atoms with Crippen LogP contribution in [-0.4, -0.2) is 38.7 Å². The number of rotatable bonds is 3. The highest BCUT2D eigenvalue weighted by atomic mass is 16.5. The lowest BCUT2D eigenvalue weighted by atomic mass is 9.88. The largest absolute Gasteiger partial charge is 0.507 e. The third-order valence-corrected chi connectivity index (χ3v) is 7.05. The molecule has 0 radical (unpaired) electrons. The van der Waals surface area contributed by atoms with Crippen molar-refractivity contribution < 1.29 is 14.9 Å². The number of aryl methyl sites for hydroxylation is 1. The minimum atomic E-state index is -0.321. The first-order valence-electron chi connectivity index (χ1n) is 10.5. The summed E-state index contributed by atoms with van der Waals surface area (Å²) >= 11 is 0. The molecule has 3 N–H and O–H groups in total. The average Bonchev–Trinajstić information content (AvgIpc) is 3.33. The number of aromatic nitrogens is 2. The van der Waals surface area contributed by atoms with E-state index in [9.17, 15) is 10.2 Å². The summed E-state index contributed by atoms with van der Waals surface area (Å²) in [5.74, 6) is 1.12. The molecule has 28 heavy (non-hydrogen) atoms. The highest BCUT2D eigenvalue weighted by Crippen LogP contribution is 2.48. The van der Waals surface area contributed by atoms with Crippen LogP contribution in [0.4, 0.5) is 5.82 Å². The zero-order chi connectivity index (χ0) is 18.8. The SMILES string of the molecule is Oc1c(-c2nnc(N[C@@H]3CC[C@H]3O)c3c2CC2CCC3O2)ccc2c1CCC2. The monoisotopic (exact) mass is 379 g/mol. The summed E-state index contributed by atoms with van der Waals surface area (Å²) in [7, 11) is 0. The molecule has 1 aromatic carbocycles. The first-order valence-corrected chi connectivity index (χ1v) is 10.5. The van der Waals surface area contributed by atoms with Gasteiger partial charge in [-0.05, 0) is 67.7 Å². The number of hydrogen-bond donors (Lipinski definition) is 3. The van der Waals surface area contributed by atoms with E-state index in [1.807, 2.05) is 6.07 Å². The van der Waals surface area contributed by atoms with E-state index in [0.29, 0.717) is 5.75 Å². The molecular weight excluding hydrogens is 354 g/mol. The van der Waals surface area contributed by atoms with Crippen LogP contribution >= 0.6 is 0 Å². The van der Waals surface area contributed by atoms with Crippen LogP contribution in [0.25, 0.3) is 11.3 Å². The molecule has 1 saturated heterocycles. The van der Waals surface area contributed by atoms with Crippen molar-refractivity contribution >= 4 is 5.82 Å². The summed E-state index contributed by atoms with van der Waals surface area (Å²) in [5.41, 5.74) is 6.14. The normalized spacial score (nSPS) is 29.9. The smallest absolute Gasteiger partial charge is 0.155 e. The van der Waals surface area contributed by atoms with Gasteiger partial charge in [0.05, 0.1) is 24.4 Å². The first-order chi connectivity index (χ1) is 13.7. The lowest BCUT2D eigenvalue weighted by Crippen LogP contribution is -2.43. The number of aromatic hydroxyl groups is 1. The van der Waals surface area contributed by atoms with Gasteiger partial charge in [-0.15, -0.1) is 10.2 Å². The molecule has 2 fully saturated rings. The molecule has 3 heterocycles. The van der Waals surface area contributed by atoms with Gasteiger partial charge in [-0.1, -0.05) is 6.07 Å². The second-order valence-electron chi connectivity index (χ2n) is 8.67. The number of phenolic OH excluding ortho intramolecular Hbond substituents is 1. The van der Waals surface area contributed by atoms with Crippen LogP contribution < -0.4 is 5.32 Å². The quantitative estimate of drug-likeness (QED) is 0.760. The van der Waals surface area contributed by atoms with Gasteiger partial charge in [-0.3, -0.25) is 0 Å². The second kappa shape index (κ2) is 6.16. The van der Waals surface area contributed by atoms with Gasteiger partial charge >= 0.3 is 0 Å². The Morgan fingerprint density at radius 1 is 1.04 bits per heavy atom. The summed E-state index contributed by atoms with van der Waals surface area (Å²) in [6.45, 7) is 0. The van der Waals surface area contributed by atoms with Crippen molar-refractivity contribution in [3.05, 3.63) is 34.4 Å². The molecule has 146 valence electrons. The fourth-order valence-electron chi connectivity index (χ4n) is 5.32. The van der Waals surface area contributed by atoms with Gasteiger partial charge in [0, 0.05) is 17.5 Å². The molecule has 4 atom stereocenters. The van der Waals surface area contributed by atoms with E-state index in [-0.39, 0.29) is 24.4 Å². The maximum absolute atomic E-state index is 11.0. The molecule has 2 bridgehead atoms. The van der Waals surface area contributed by atoms with Crippen molar-refractivity contribution in [1.82, 2.24) is 10.2 Å². The van der Waals surface area contributed by atoms with Gasteiger partial charge < -0.3 is 20.3 Å². The van der Waals surface area contributed by atoms with Crippen LogP contribution in [0.5, 0.6) is 5.75 Å². The number of aliphatic hydroxyl groups excluding tert-OH is 1. The number of phenols is 1. The van der Waals surface area contributed by atoms with Gasteiger partial charge in [0.2, 0.25) is 0 Å². The molecule has 2 aliphatic carbocycles. The topological polar surface area (TPSA) is 87.5 Å². The Morgan fingerprint density at radius 2 is 1.96 bits per heavy atom. The fraction of sp³-hybridized carbons (Fsp3) is 0.545. The molecule has 2 aliphatic heterocycles. The van der Waals surface area contributed by atoms with Gasteiger partial charge in [0.15, 0.2) is 5.82 Å². The van der Waals surface area contributed by atoms with Gasteiger partial charge in [-0.25, -0.2) is 0 Å². The summed E-state index contributed by atoms with van der Waals surface area (Å²) in [6, 6.07) is 4.18. The molecule has 0 spiro atoms. The number of nitrogens with zero attached hydrogens (tertiary/aromatic N) is 2. The number of benzene rings is 1. The fourth-order valence-corrected chi connectivity index (χ4v) is 5.32. The van der Waals surface area contributed by atoms with Crippen LogP contribution in [0.1, 0.15) is 60.5 Å². The third kappa shape index (κ3) is 2.40. The predicted molar refractivity (Wildman–Crippen MR) is 104 cm³/mol. The van der Waals surface area contributed by atoms with Crippen molar-refractivity contribution in [3.8, 4) is 17.0 Å². The number of ether oxygens (including phenoxy) is 1. The van der Waals surface area contributed by atoms with Crippen molar-refractivity contribution in [2.45, 2.75) is 75.7 Å². The zero-order valence-corrected chi connectivity index (χ0v) is 15.8. The highest BCUT2D eigenvalue weighted by Gasteiger charge is 2.40. The molecule has 2 unspecified atom stereocenters. The van der Waals surface area contributed by atoms with E-state index >= 15 is 0 Å². The van der Waals surface area contributed by atoms with E-state index in [1.165, 1.54) is 5.56 Å². The summed E-state index contributed by atoms with van der Waals surface area (Å²) in [4.78, 5) is 0. The predicted octanol–water partition coefficient (Wildman–Crippen LogP) is 3.05. The van der Waals surface area contributed by atoms with Gasteiger partial charge in [0.25, 0.3) is 0 Å². The van der Waals surface area contributed by atoms with E-state index in [2.05, 4.69) is 21.6 Å². The zero-order valence-electron chi connectivity index (χ0n) is 15.8. The molecule has 0 amide bonds. The highest BCUT2D eigenvalue weighted by molar-refractivity contribution is 5.75. The van der Waals surface area contributed by atoms with Crippen LogP contribution in [0, 0.1) is 0 Å². The Hall–Kier alpha value is -2.18. The van der Waals surface area contributed by atoms with E-state index < -0.39 is 0 Å². The maximum Gasteiger partial charge on any atom is 0.155 e. The average molecular weight is 379 g/mol. The Kier molecular flexibility index (Phi) is 3.68. The minimum Gasteiger partial charge on any atom is -0.507 e. The lowest BCUT2D eigenvalue weighted by molar-refractivity contribution is 0.0322. The molecule has 6 heteroatoms. The van der Waals surface area contributed by atoms with Crippen molar-refractivity contribution in [3.63, 3.8) is 0 Å².